The molecule has 0 aliphatic rings. The van der Waals surface area contributed by atoms with Gasteiger partial charge in [-0.25, -0.2) is 12.6 Å². The van der Waals surface area contributed by atoms with E-state index < -0.39 is 78.2 Å². The number of nitrogens with zero attached hydrogens (tertiary/aromatic N) is 2. The Morgan fingerprint density at radius 2 is 1.48 bits per heavy atom. The maximum absolute atomic E-state index is 12.4. The van der Waals surface area contributed by atoms with Gasteiger partial charge in [0.05, 0.1) is 4.90 Å². The van der Waals surface area contributed by atoms with Crippen molar-refractivity contribution >= 4 is 79.1 Å². The second-order valence-corrected chi connectivity index (χ2v) is 14.7. The summed E-state index contributed by atoms with van der Waals surface area (Å²) in [5.74, 6) is -2.19. The predicted molar refractivity (Wildman–Crippen MR) is 159 cm³/mol. The number of aryl methyl sites for hydroxylation is 1. The van der Waals surface area contributed by atoms with Gasteiger partial charge in [0.2, 0.25) is 9.84 Å². The average molecular weight is 692 g/mol. The topological polar surface area (TPSA) is 263 Å². The average Bonchev–Trinajstić information content (AvgIpc) is 2.88. The van der Waals surface area contributed by atoms with Gasteiger partial charge in [-0.05, 0) is 53.6 Å². The molecule has 238 valence electrons. The highest BCUT2D eigenvalue weighted by Crippen LogP contribution is 2.45. The zero-order valence-corrected chi connectivity index (χ0v) is 25.1. The van der Waals surface area contributed by atoms with E-state index in [4.69, 9.17) is 4.55 Å². The SMILES string of the molecule is C.CNc1cc(C)cc2cc(S(=O)(=O)O)c(N=Nc3ccc4cc(S(=O)(=O)COS(=O)(=O)O)ccc4c3S(=O)(=O)O)c(O)c12. The van der Waals surface area contributed by atoms with Crippen molar-refractivity contribution in [2.24, 2.45) is 10.2 Å². The number of benzene rings is 4. The van der Waals surface area contributed by atoms with Crippen molar-refractivity contribution in [3.05, 3.63) is 54.1 Å². The van der Waals surface area contributed by atoms with Crippen LogP contribution in [-0.4, -0.2) is 65.4 Å². The van der Waals surface area contributed by atoms with Crippen LogP contribution < -0.4 is 5.32 Å². The third kappa shape index (κ3) is 7.13. The lowest BCUT2D eigenvalue weighted by molar-refractivity contribution is 0.306. The van der Waals surface area contributed by atoms with Crippen LogP contribution in [0, 0.1) is 6.92 Å². The first kappa shape index (κ1) is 34.7. The molecule has 0 aliphatic heterocycles. The first-order valence-electron chi connectivity index (χ1n) is 11.5. The number of azo groups is 1. The van der Waals surface area contributed by atoms with Gasteiger partial charge in [0.1, 0.15) is 21.2 Å². The minimum atomic E-state index is -5.12. The summed E-state index contributed by atoms with van der Waals surface area (Å²) in [5, 5.41) is 21.3. The molecule has 0 fully saturated rings. The Morgan fingerprint density at radius 3 is 2.05 bits per heavy atom. The molecule has 0 aliphatic carbocycles. The summed E-state index contributed by atoms with van der Waals surface area (Å²) >= 11 is 0. The lowest BCUT2D eigenvalue weighted by atomic mass is 10.0. The monoisotopic (exact) mass is 691 g/mol. The summed E-state index contributed by atoms with van der Waals surface area (Å²) < 4.78 is 128. The Kier molecular flexibility index (Phi) is 9.45. The first-order chi connectivity index (χ1) is 19.7. The zero-order chi connectivity index (χ0) is 32.1. The number of hydrogen-bond donors (Lipinski definition) is 5. The molecule has 5 N–H and O–H groups in total. The Bertz CT molecular complexity index is 2290. The number of rotatable bonds is 9. The molecule has 44 heavy (non-hydrogen) atoms. The molecule has 4 rings (SSSR count). The third-order valence-electron chi connectivity index (χ3n) is 5.99. The maximum atomic E-state index is 12.4. The molecule has 0 bridgehead atoms. The Morgan fingerprint density at radius 1 is 0.818 bits per heavy atom. The summed E-state index contributed by atoms with van der Waals surface area (Å²) in [6.45, 7) is 1.71. The van der Waals surface area contributed by atoms with Gasteiger partial charge in [0, 0.05) is 23.5 Å². The molecule has 0 atom stereocenters. The van der Waals surface area contributed by atoms with Gasteiger partial charge >= 0.3 is 10.4 Å². The van der Waals surface area contributed by atoms with Gasteiger partial charge in [-0.2, -0.15) is 25.3 Å². The number of sulfone groups is 1. The highest BCUT2D eigenvalue weighted by atomic mass is 32.3. The van der Waals surface area contributed by atoms with E-state index in [1.807, 2.05) is 0 Å². The van der Waals surface area contributed by atoms with Gasteiger partial charge in [-0.15, -0.1) is 10.2 Å². The molecule has 4 aromatic carbocycles. The van der Waals surface area contributed by atoms with E-state index in [1.54, 1.807) is 13.0 Å². The van der Waals surface area contributed by atoms with E-state index in [-0.39, 0.29) is 29.0 Å². The molecule has 0 spiro atoms. The van der Waals surface area contributed by atoms with Crippen molar-refractivity contribution in [2.45, 2.75) is 29.0 Å². The molecular formula is C24H25N3O13S4. The lowest BCUT2D eigenvalue weighted by Gasteiger charge is -2.13. The molecule has 0 saturated carbocycles. The second kappa shape index (κ2) is 12.0. The Hall–Kier alpha value is -3.76. The van der Waals surface area contributed by atoms with Crippen molar-refractivity contribution in [1.29, 1.82) is 0 Å². The molecular weight excluding hydrogens is 667 g/mol. The van der Waals surface area contributed by atoms with Crippen LogP contribution in [0.25, 0.3) is 21.5 Å². The van der Waals surface area contributed by atoms with E-state index in [0.717, 1.165) is 36.4 Å². The Balaban J connectivity index is 0.00000529. The lowest BCUT2D eigenvalue weighted by Crippen LogP contribution is -2.14. The van der Waals surface area contributed by atoms with Crippen LogP contribution in [0.2, 0.25) is 0 Å². The highest BCUT2D eigenvalue weighted by Gasteiger charge is 2.26. The van der Waals surface area contributed by atoms with Gasteiger partial charge in [0.15, 0.2) is 11.7 Å². The van der Waals surface area contributed by atoms with Crippen molar-refractivity contribution in [2.75, 3.05) is 18.3 Å². The summed E-state index contributed by atoms with van der Waals surface area (Å²) in [4.78, 5) is -2.27. The van der Waals surface area contributed by atoms with Crippen molar-refractivity contribution in [3.8, 4) is 5.75 Å². The van der Waals surface area contributed by atoms with Gasteiger partial charge in [-0.1, -0.05) is 25.6 Å². The fraction of sp³-hybridized carbons (Fsp3) is 0.167. The molecule has 0 unspecified atom stereocenters. The number of phenolic OH excluding ortho intramolecular Hbond substituents is 1. The third-order valence-corrected chi connectivity index (χ3v) is 9.77. The number of phenols is 1. The van der Waals surface area contributed by atoms with Gasteiger partial charge in [0.25, 0.3) is 20.2 Å². The van der Waals surface area contributed by atoms with E-state index in [0.29, 0.717) is 11.3 Å². The van der Waals surface area contributed by atoms with Crippen LogP contribution >= 0.6 is 0 Å². The molecule has 16 nitrogen and oxygen atoms in total. The maximum Gasteiger partial charge on any atom is 0.398 e. The minimum Gasteiger partial charge on any atom is -0.505 e. The summed E-state index contributed by atoms with van der Waals surface area (Å²) in [6.07, 6.45) is 0. The predicted octanol–water partition coefficient (Wildman–Crippen LogP) is 4.14. The number of aromatic hydroxyl groups is 1. The van der Waals surface area contributed by atoms with Crippen LogP contribution in [0.3, 0.4) is 0 Å². The second-order valence-electron chi connectivity index (χ2n) is 8.96. The number of hydrogen-bond acceptors (Lipinski definition) is 13. The largest absolute Gasteiger partial charge is 0.505 e. The molecule has 0 amide bonds. The smallest absolute Gasteiger partial charge is 0.398 e. The van der Waals surface area contributed by atoms with E-state index in [2.05, 4.69) is 19.7 Å². The molecule has 0 aromatic heterocycles. The normalized spacial score (nSPS) is 12.9. The van der Waals surface area contributed by atoms with E-state index in [9.17, 15) is 47.9 Å². The summed E-state index contributed by atoms with van der Waals surface area (Å²) in [5.41, 5.74) is -0.276. The Labute approximate surface area is 252 Å². The summed E-state index contributed by atoms with van der Waals surface area (Å²) in [7, 11) is -18.2. The molecule has 4 aromatic rings. The fourth-order valence-corrected chi connectivity index (χ4v) is 7.44. The molecule has 20 heteroatoms. The zero-order valence-electron chi connectivity index (χ0n) is 21.8. The van der Waals surface area contributed by atoms with E-state index in [1.165, 1.54) is 13.1 Å². The number of nitrogens with one attached hydrogen (secondary N) is 1. The van der Waals surface area contributed by atoms with Crippen LogP contribution in [0.5, 0.6) is 5.75 Å². The van der Waals surface area contributed by atoms with Gasteiger partial charge < -0.3 is 10.4 Å². The molecule has 0 heterocycles. The fourth-order valence-electron chi connectivity index (χ4n) is 4.23. The van der Waals surface area contributed by atoms with Crippen LogP contribution in [0.4, 0.5) is 17.1 Å². The van der Waals surface area contributed by atoms with Crippen molar-refractivity contribution in [1.82, 2.24) is 0 Å². The quantitative estimate of drug-likeness (QED) is 0.122. The van der Waals surface area contributed by atoms with E-state index >= 15 is 0 Å². The molecule has 0 radical (unpaired) electrons. The van der Waals surface area contributed by atoms with Gasteiger partial charge in [-0.3, -0.25) is 13.7 Å². The number of fused-ring (bicyclic) bond motifs is 2. The summed E-state index contributed by atoms with van der Waals surface area (Å²) in [6, 6.07) is 9.10. The standard InChI is InChI=1S/C23H21N3O13S4.CH4/c1-12-7-14-10-19(41(30,31)32)21(22(27)20(14)18(8-12)24-2)26-25-17-6-3-13-9-15(40(28,29)11-39-43(36,37)38)4-5-16(13)23(17)42(33,34)35;/h3-10,24,27H,11H2,1-2H3,(H,30,31,32)(H,33,34,35)(H,36,37,38);1H4. The first-order valence-corrected chi connectivity index (χ1v) is 17.4. The molecule has 0 saturated heterocycles. The van der Waals surface area contributed by atoms with Crippen LogP contribution in [0.15, 0.2) is 73.4 Å². The minimum absolute atomic E-state index is 0. The van der Waals surface area contributed by atoms with Crippen molar-refractivity contribution in [3.63, 3.8) is 0 Å². The number of anilines is 1. The highest BCUT2D eigenvalue weighted by molar-refractivity contribution is 7.92. The van der Waals surface area contributed by atoms with Crippen LogP contribution in [-0.2, 0) is 44.7 Å². The van der Waals surface area contributed by atoms with Crippen molar-refractivity contribution < 1.29 is 56.6 Å². The van der Waals surface area contributed by atoms with Crippen LogP contribution in [0.1, 0.15) is 13.0 Å².